The fourth-order valence-corrected chi connectivity index (χ4v) is 3.01. The van der Waals surface area contributed by atoms with Crippen LogP contribution in [0.4, 0.5) is 0 Å². The van der Waals surface area contributed by atoms with Crippen LogP contribution in [0.2, 0.25) is 0 Å². The number of ether oxygens (including phenoxy) is 4. The smallest absolute Gasteiger partial charge is 0.222 e. The number of nitrogens with one attached hydrogen (secondary N) is 2. The maximum atomic E-state index is 11.9. The van der Waals surface area contributed by atoms with Crippen molar-refractivity contribution in [2.75, 3.05) is 106 Å². The van der Waals surface area contributed by atoms with Gasteiger partial charge in [0.25, 0.3) is 0 Å². The highest BCUT2D eigenvalue weighted by atomic mass is 16.6. The molecule has 0 aromatic heterocycles. The summed E-state index contributed by atoms with van der Waals surface area (Å²) in [6, 6.07) is -0.465. The molecule has 0 heterocycles. The maximum absolute atomic E-state index is 11.9. The first kappa shape index (κ1) is 35.3. The van der Waals surface area contributed by atoms with Crippen LogP contribution in [0.25, 0.3) is 0 Å². The predicted octanol–water partition coefficient (Wildman–Crippen LogP) is -0.889. The lowest BCUT2D eigenvalue weighted by Gasteiger charge is -2.23. The maximum Gasteiger partial charge on any atom is 0.222 e. The number of likely N-dealkylation sites (N-methyl/N-ethyl adjacent to an activating group) is 1. The number of nitrogens with two attached hydrogens (primary N) is 1. The molecule has 0 aromatic carbocycles. The van der Waals surface area contributed by atoms with Crippen LogP contribution >= 0.6 is 0 Å². The molecule has 0 aliphatic rings. The van der Waals surface area contributed by atoms with E-state index >= 15 is 0 Å². The van der Waals surface area contributed by atoms with Crippen molar-refractivity contribution < 1.29 is 33.3 Å². The highest BCUT2D eigenvalue weighted by Crippen LogP contribution is 1.99. The number of carbonyl (C=O) groups is 3. The van der Waals surface area contributed by atoms with Crippen LogP contribution in [0.3, 0.4) is 0 Å². The second kappa shape index (κ2) is 24.7. The molecule has 12 nitrogen and oxygen atoms in total. The summed E-state index contributed by atoms with van der Waals surface area (Å²) in [4.78, 5) is 38.9. The minimum atomic E-state index is -0.465. The summed E-state index contributed by atoms with van der Waals surface area (Å²) in [7, 11) is 4.07. The van der Waals surface area contributed by atoms with Crippen LogP contribution in [-0.2, 0) is 33.3 Å². The van der Waals surface area contributed by atoms with Crippen LogP contribution in [0.5, 0.6) is 0 Å². The first-order valence-corrected chi connectivity index (χ1v) is 13.2. The van der Waals surface area contributed by atoms with Gasteiger partial charge < -0.3 is 45.0 Å². The number of nitrogens with zero attached hydrogens (tertiary/aromatic N) is 2. The van der Waals surface area contributed by atoms with E-state index in [0.717, 1.165) is 32.5 Å². The average molecular weight is 534 g/mol. The van der Waals surface area contributed by atoms with Gasteiger partial charge in [-0.25, -0.2) is 0 Å². The number of aldehydes is 1. The highest BCUT2D eigenvalue weighted by Gasteiger charge is 2.14. The molecule has 0 aromatic rings. The second-order valence-corrected chi connectivity index (χ2v) is 9.21. The molecule has 2 amide bonds. The van der Waals surface area contributed by atoms with Gasteiger partial charge in [-0.1, -0.05) is 13.8 Å². The van der Waals surface area contributed by atoms with E-state index in [4.69, 9.17) is 24.7 Å². The zero-order valence-electron chi connectivity index (χ0n) is 23.4. The lowest BCUT2D eigenvalue weighted by Crippen LogP contribution is -2.40. The minimum Gasteiger partial charge on any atom is -0.379 e. The van der Waals surface area contributed by atoms with Crippen LogP contribution in [-0.4, -0.2) is 140 Å². The third kappa shape index (κ3) is 23.2. The van der Waals surface area contributed by atoms with Gasteiger partial charge in [-0.2, -0.15) is 0 Å². The topological polar surface area (TPSA) is 145 Å². The zero-order valence-corrected chi connectivity index (χ0v) is 23.4. The quantitative estimate of drug-likeness (QED) is 0.0946. The molecule has 0 saturated heterocycles. The van der Waals surface area contributed by atoms with Gasteiger partial charge in [-0.3, -0.25) is 14.5 Å². The summed E-state index contributed by atoms with van der Waals surface area (Å²) in [5.41, 5.74) is 5.66. The highest BCUT2D eigenvalue weighted by molar-refractivity contribution is 5.79. The van der Waals surface area contributed by atoms with E-state index in [9.17, 15) is 14.4 Å². The Kier molecular flexibility index (Phi) is 23.5. The van der Waals surface area contributed by atoms with Gasteiger partial charge in [0.05, 0.1) is 58.9 Å². The Labute approximate surface area is 222 Å². The Morgan fingerprint density at radius 1 is 0.784 bits per heavy atom. The van der Waals surface area contributed by atoms with Gasteiger partial charge in [0.2, 0.25) is 11.8 Å². The molecule has 1 unspecified atom stereocenters. The standard InChI is InChI=1S/C25H51N5O7/c1-22(2)23(21-31)28-25(33)6-14-35-16-18-37-20-19-36-17-15-34-13-5-24(32)27-8-10-30(9-7-26)12-11-29(3)4/h21-23H,5-20,26H2,1-4H3,(H,27,32)(H,28,33). The Morgan fingerprint density at radius 2 is 1.30 bits per heavy atom. The lowest BCUT2D eigenvalue weighted by molar-refractivity contribution is -0.125. The Hall–Kier alpha value is -1.67. The third-order valence-corrected chi connectivity index (χ3v) is 5.31. The van der Waals surface area contributed by atoms with E-state index in [0.29, 0.717) is 65.8 Å². The van der Waals surface area contributed by atoms with Gasteiger partial charge in [-0.15, -0.1) is 0 Å². The molecule has 1 atom stereocenters. The second-order valence-electron chi connectivity index (χ2n) is 9.21. The molecule has 0 radical (unpaired) electrons. The van der Waals surface area contributed by atoms with Crippen molar-refractivity contribution in [3.63, 3.8) is 0 Å². The third-order valence-electron chi connectivity index (χ3n) is 5.31. The molecule has 12 heteroatoms. The number of hydrogen-bond donors (Lipinski definition) is 3. The van der Waals surface area contributed by atoms with Crippen molar-refractivity contribution in [2.45, 2.75) is 32.7 Å². The summed E-state index contributed by atoms with van der Waals surface area (Å²) in [5.74, 6) is -0.176. The van der Waals surface area contributed by atoms with Crippen molar-refractivity contribution in [2.24, 2.45) is 11.7 Å². The molecule has 37 heavy (non-hydrogen) atoms. The number of amides is 2. The van der Waals surface area contributed by atoms with Gasteiger partial charge in [-0.05, 0) is 20.0 Å². The Morgan fingerprint density at radius 3 is 1.76 bits per heavy atom. The van der Waals surface area contributed by atoms with Gasteiger partial charge in [0.1, 0.15) is 6.29 Å². The summed E-state index contributed by atoms with van der Waals surface area (Å²) < 4.78 is 21.6. The molecule has 0 fully saturated rings. The number of hydrogen-bond acceptors (Lipinski definition) is 10. The van der Waals surface area contributed by atoms with Crippen molar-refractivity contribution in [1.29, 1.82) is 0 Å². The molecule has 0 rings (SSSR count). The summed E-state index contributed by atoms with van der Waals surface area (Å²) in [5, 5.41) is 5.58. The van der Waals surface area contributed by atoms with E-state index in [1.54, 1.807) is 0 Å². The molecule has 0 spiro atoms. The van der Waals surface area contributed by atoms with Crippen molar-refractivity contribution in [3.05, 3.63) is 0 Å². The van der Waals surface area contributed by atoms with E-state index in [1.165, 1.54) is 0 Å². The summed E-state index contributed by atoms with van der Waals surface area (Å²) in [6.07, 6.45) is 1.26. The summed E-state index contributed by atoms with van der Waals surface area (Å²) >= 11 is 0. The monoisotopic (exact) mass is 533 g/mol. The van der Waals surface area contributed by atoms with E-state index in [2.05, 4.69) is 20.4 Å². The average Bonchev–Trinajstić information content (AvgIpc) is 2.85. The first-order chi connectivity index (χ1) is 17.8. The van der Waals surface area contributed by atoms with Crippen LogP contribution < -0.4 is 16.4 Å². The number of rotatable bonds is 26. The van der Waals surface area contributed by atoms with E-state index in [-0.39, 0.29) is 30.8 Å². The number of carbonyl (C=O) groups excluding carboxylic acids is 3. The Bertz CT molecular complexity index is 582. The molecule has 0 saturated carbocycles. The predicted molar refractivity (Wildman–Crippen MR) is 142 cm³/mol. The van der Waals surface area contributed by atoms with Gasteiger partial charge >= 0.3 is 0 Å². The zero-order chi connectivity index (χ0) is 27.7. The largest absolute Gasteiger partial charge is 0.379 e. The normalized spacial score (nSPS) is 12.3. The summed E-state index contributed by atoms with van der Waals surface area (Å²) in [6.45, 7) is 11.5. The molecule has 0 aliphatic carbocycles. The van der Waals surface area contributed by atoms with Gasteiger partial charge in [0, 0.05) is 52.1 Å². The minimum absolute atomic E-state index is 0.0295. The van der Waals surface area contributed by atoms with Crippen LogP contribution in [0, 0.1) is 5.92 Å². The fourth-order valence-electron chi connectivity index (χ4n) is 3.01. The molecule has 4 N–H and O–H groups in total. The van der Waals surface area contributed by atoms with Crippen LogP contribution in [0.1, 0.15) is 26.7 Å². The van der Waals surface area contributed by atoms with Gasteiger partial charge in [0.15, 0.2) is 0 Å². The van der Waals surface area contributed by atoms with Crippen molar-refractivity contribution in [3.8, 4) is 0 Å². The fraction of sp³-hybridized carbons (Fsp3) is 0.880. The lowest BCUT2D eigenvalue weighted by atomic mass is 10.1. The van der Waals surface area contributed by atoms with Crippen molar-refractivity contribution >= 4 is 18.1 Å². The SMILES string of the molecule is CC(C)C(C=O)NC(=O)CCOCCOCCOCCOCCC(=O)NCCN(CCN)CCN(C)C. The molecule has 218 valence electrons. The van der Waals surface area contributed by atoms with E-state index < -0.39 is 6.04 Å². The molecule has 0 aliphatic heterocycles. The van der Waals surface area contributed by atoms with Crippen LogP contribution in [0.15, 0.2) is 0 Å². The molecular formula is C25H51N5O7. The Balaban J connectivity index is 3.48. The molecule has 0 bridgehead atoms. The molecular weight excluding hydrogens is 482 g/mol. The first-order valence-electron chi connectivity index (χ1n) is 13.2. The van der Waals surface area contributed by atoms with Crippen molar-refractivity contribution in [1.82, 2.24) is 20.4 Å². The van der Waals surface area contributed by atoms with E-state index in [1.807, 2.05) is 27.9 Å².